The minimum absolute atomic E-state index is 0.159. The van der Waals surface area contributed by atoms with E-state index in [1.807, 2.05) is 30.3 Å². The van der Waals surface area contributed by atoms with Gasteiger partial charge in [-0.05, 0) is 24.3 Å². The van der Waals surface area contributed by atoms with E-state index in [1.54, 1.807) is 42.4 Å². The molecule has 0 aliphatic heterocycles. The second-order valence-electron chi connectivity index (χ2n) is 5.61. The van der Waals surface area contributed by atoms with E-state index in [0.29, 0.717) is 23.4 Å². The number of carbonyl (C=O) groups is 1. The fourth-order valence-electron chi connectivity index (χ4n) is 2.46. The average Bonchev–Trinajstić information content (AvgIpc) is 2.67. The van der Waals surface area contributed by atoms with Gasteiger partial charge in [-0.25, -0.2) is 4.39 Å². The molecule has 0 aliphatic carbocycles. The van der Waals surface area contributed by atoms with Crippen molar-refractivity contribution in [2.24, 2.45) is 0 Å². The van der Waals surface area contributed by atoms with Gasteiger partial charge < -0.3 is 10.2 Å². The van der Waals surface area contributed by atoms with Crippen LogP contribution in [-0.4, -0.2) is 17.9 Å². The van der Waals surface area contributed by atoms with Gasteiger partial charge in [0.05, 0.1) is 11.3 Å². The number of amides is 1. The minimum Gasteiger partial charge on any atom is -0.380 e. The average molecular weight is 335 g/mol. The molecule has 0 aliphatic rings. The number of hydrogen-bond donors (Lipinski definition) is 1. The zero-order valence-corrected chi connectivity index (χ0v) is 13.8. The normalized spacial score (nSPS) is 10.3. The third-order valence-electron chi connectivity index (χ3n) is 3.87. The fourth-order valence-corrected chi connectivity index (χ4v) is 2.46. The summed E-state index contributed by atoms with van der Waals surface area (Å²) in [7, 11) is 1.72. The summed E-state index contributed by atoms with van der Waals surface area (Å²) in [5, 5.41) is 3.10. The Morgan fingerprint density at radius 1 is 1.08 bits per heavy atom. The maximum atomic E-state index is 13.7. The summed E-state index contributed by atoms with van der Waals surface area (Å²) in [4.78, 5) is 18.3. The van der Waals surface area contributed by atoms with E-state index < -0.39 is 0 Å². The Morgan fingerprint density at radius 2 is 1.80 bits per heavy atom. The summed E-state index contributed by atoms with van der Waals surface area (Å²) in [6.45, 7) is 0.320. The topological polar surface area (TPSA) is 45.2 Å². The van der Waals surface area contributed by atoms with Gasteiger partial charge in [-0.3, -0.25) is 9.78 Å². The lowest BCUT2D eigenvalue weighted by atomic mass is 10.2. The number of halogens is 1. The van der Waals surface area contributed by atoms with Crippen molar-refractivity contribution in [2.75, 3.05) is 17.3 Å². The molecule has 1 amide bonds. The predicted molar refractivity (Wildman–Crippen MR) is 97.1 cm³/mol. The van der Waals surface area contributed by atoms with Crippen molar-refractivity contribution in [3.63, 3.8) is 0 Å². The highest BCUT2D eigenvalue weighted by atomic mass is 19.1. The van der Waals surface area contributed by atoms with Crippen LogP contribution in [0.1, 0.15) is 15.9 Å². The maximum absolute atomic E-state index is 13.7. The van der Waals surface area contributed by atoms with Crippen LogP contribution < -0.4 is 10.2 Å². The van der Waals surface area contributed by atoms with Crippen molar-refractivity contribution >= 4 is 17.3 Å². The number of hydrogen-bond acceptors (Lipinski definition) is 3. The van der Waals surface area contributed by atoms with E-state index in [-0.39, 0.29) is 11.7 Å². The molecule has 3 aromatic rings. The molecule has 0 atom stereocenters. The fraction of sp³-hybridized carbons (Fsp3) is 0.100. The molecule has 2 aromatic carbocycles. The van der Waals surface area contributed by atoms with Gasteiger partial charge >= 0.3 is 0 Å². The number of aromatic nitrogens is 1. The van der Waals surface area contributed by atoms with Crippen molar-refractivity contribution in [2.45, 2.75) is 6.54 Å². The molecule has 1 heterocycles. The van der Waals surface area contributed by atoms with E-state index >= 15 is 0 Å². The number of nitrogens with one attached hydrogen (secondary N) is 1. The van der Waals surface area contributed by atoms with Crippen LogP contribution in [0.2, 0.25) is 0 Å². The third-order valence-corrected chi connectivity index (χ3v) is 3.87. The first-order valence-electron chi connectivity index (χ1n) is 7.90. The van der Waals surface area contributed by atoms with Crippen LogP contribution in [0, 0.1) is 5.82 Å². The Bertz CT molecular complexity index is 868. The van der Waals surface area contributed by atoms with Crippen molar-refractivity contribution in [3.05, 3.63) is 90.0 Å². The van der Waals surface area contributed by atoms with Crippen molar-refractivity contribution in [3.8, 4) is 0 Å². The van der Waals surface area contributed by atoms with E-state index in [1.165, 1.54) is 12.3 Å². The smallest absolute Gasteiger partial charge is 0.259 e. The number of anilines is 2. The lowest BCUT2D eigenvalue weighted by Gasteiger charge is -2.17. The van der Waals surface area contributed by atoms with E-state index in [2.05, 4.69) is 10.3 Å². The molecule has 5 heteroatoms. The van der Waals surface area contributed by atoms with Crippen LogP contribution in [0.4, 0.5) is 15.8 Å². The maximum Gasteiger partial charge on any atom is 0.259 e. The Hall–Kier alpha value is -3.21. The van der Waals surface area contributed by atoms with E-state index in [4.69, 9.17) is 0 Å². The molecule has 25 heavy (non-hydrogen) atoms. The molecule has 3 rings (SSSR count). The number of nitrogens with zero attached hydrogens (tertiary/aromatic N) is 2. The number of benzene rings is 2. The second-order valence-corrected chi connectivity index (χ2v) is 5.61. The van der Waals surface area contributed by atoms with Crippen LogP contribution in [0.25, 0.3) is 0 Å². The van der Waals surface area contributed by atoms with Crippen molar-refractivity contribution in [1.29, 1.82) is 0 Å². The minimum atomic E-state index is -0.265. The molecule has 0 unspecified atom stereocenters. The monoisotopic (exact) mass is 335 g/mol. The molecule has 0 radical (unpaired) electrons. The molecule has 1 aromatic heterocycles. The summed E-state index contributed by atoms with van der Waals surface area (Å²) >= 11 is 0. The highest BCUT2D eigenvalue weighted by Crippen LogP contribution is 2.17. The molecule has 0 bridgehead atoms. The van der Waals surface area contributed by atoms with Gasteiger partial charge in [0.15, 0.2) is 0 Å². The first-order valence-corrected chi connectivity index (χ1v) is 7.90. The number of rotatable bonds is 5. The number of para-hydroxylation sites is 1. The SMILES string of the molecule is CN(C(=O)c1cncc(NCc2ccccc2F)c1)c1ccccc1. The van der Waals surface area contributed by atoms with Gasteiger partial charge in [0.1, 0.15) is 5.82 Å². The van der Waals surface area contributed by atoms with Crippen LogP contribution in [0.15, 0.2) is 73.1 Å². The van der Waals surface area contributed by atoms with E-state index in [9.17, 15) is 9.18 Å². The first-order chi connectivity index (χ1) is 12.1. The van der Waals surface area contributed by atoms with Gasteiger partial charge in [-0.15, -0.1) is 0 Å². The highest BCUT2D eigenvalue weighted by Gasteiger charge is 2.14. The van der Waals surface area contributed by atoms with Crippen LogP contribution in [0.3, 0.4) is 0 Å². The summed E-state index contributed by atoms with van der Waals surface area (Å²) in [5.74, 6) is -0.424. The lowest BCUT2D eigenvalue weighted by Crippen LogP contribution is -2.26. The van der Waals surface area contributed by atoms with Gasteiger partial charge in [0, 0.05) is 37.2 Å². The molecule has 0 saturated heterocycles. The van der Waals surface area contributed by atoms with Gasteiger partial charge in [-0.1, -0.05) is 36.4 Å². The molecular formula is C20H18FN3O. The standard InChI is InChI=1S/C20H18FN3O/c1-24(18-8-3-2-4-9-18)20(25)16-11-17(14-22-12-16)23-13-15-7-5-6-10-19(15)21/h2-12,14,23H,13H2,1H3. The quantitative estimate of drug-likeness (QED) is 0.763. The summed E-state index contributed by atoms with van der Waals surface area (Å²) in [5.41, 5.74) is 2.48. The zero-order chi connectivity index (χ0) is 17.6. The molecular weight excluding hydrogens is 317 g/mol. The number of carbonyl (C=O) groups excluding carboxylic acids is 1. The first kappa shape index (κ1) is 16.6. The third kappa shape index (κ3) is 4.01. The van der Waals surface area contributed by atoms with Gasteiger partial charge in [-0.2, -0.15) is 0 Å². The lowest BCUT2D eigenvalue weighted by molar-refractivity contribution is 0.0992. The van der Waals surface area contributed by atoms with Gasteiger partial charge in [0.25, 0.3) is 5.91 Å². The van der Waals surface area contributed by atoms with Crippen LogP contribution in [0.5, 0.6) is 0 Å². The molecule has 126 valence electrons. The Labute approximate surface area is 145 Å². The second kappa shape index (κ2) is 7.57. The van der Waals surface area contributed by atoms with Gasteiger partial charge in [0.2, 0.25) is 0 Å². The molecule has 1 N–H and O–H groups in total. The zero-order valence-electron chi connectivity index (χ0n) is 13.8. The predicted octanol–water partition coefficient (Wildman–Crippen LogP) is 4.11. The van der Waals surface area contributed by atoms with Crippen molar-refractivity contribution in [1.82, 2.24) is 4.98 Å². The summed E-state index contributed by atoms with van der Waals surface area (Å²) < 4.78 is 13.7. The molecule has 0 saturated carbocycles. The Kier molecular flexibility index (Phi) is 5.04. The Morgan fingerprint density at radius 3 is 2.56 bits per heavy atom. The summed E-state index contributed by atoms with van der Waals surface area (Å²) in [6.07, 6.45) is 3.14. The van der Waals surface area contributed by atoms with Crippen LogP contribution >= 0.6 is 0 Å². The van der Waals surface area contributed by atoms with Crippen LogP contribution in [-0.2, 0) is 6.54 Å². The summed E-state index contributed by atoms with van der Waals surface area (Å²) in [6, 6.07) is 17.7. The van der Waals surface area contributed by atoms with Crippen molar-refractivity contribution < 1.29 is 9.18 Å². The van der Waals surface area contributed by atoms with E-state index in [0.717, 1.165) is 5.69 Å². The number of pyridine rings is 1. The molecule has 0 spiro atoms. The largest absolute Gasteiger partial charge is 0.380 e. The Balaban J connectivity index is 1.73. The molecule has 4 nitrogen and oxygen atoms in total. The molecule has 0 fully saturated rings. The highest BCUT2D eigenvalue weighted by molar-refractivity contribution is 6.05.